The van der Waals surface area contributed by atoms with Crippen LogP contribution in [0, 0.1) is 0 Å². The number of amides is 1. The van der Waals surface area contributed by atoms with Gasteiger partial charge in [0.25, 0.3) is 5.91 Å². The number of carbonyl (C=O) groups is 1. The van der Waals surface area contributed by atoms with E-state index in [2.05, 4.69) is 15.4 Å². The van der Waals surface area contributed by atoms with Crippen molar-refractivity contribution in [3.63, 3.8) is 0 Å². The third-order valence-electron chi connectivity index (χ3n) is 3.42. The Balaban J connectivity index is 1.77. The molecule has 1 amide bonds. The fourth-order valence-corrected chi connectivity index (χ4v) is 2.18. The van der Waals surface area contributed by atoms with Crippen molar-refractivity contribution < 1.29 is 14.3 Å². The van der Waals surface area contributed by atoms with Crippen molar-refractivity contribution in [1.29, 1.82) is 0 Å². The lowest BCUT2D eigenvalue weighted by atomic mass is 10.1. The van der Waals surface area contributed by atoms with Crippen LogP contribution in [-0.4, -0.2) is 34.9 Å². The molecule has 0 bridgehead atoms. The average Bonchev–Trinajstić information content (AvgIpc) is 3.16. The number of benzene rings is 2. The number of aromatic nitrogens is 3. The van der Waals surface area contributed by atoms with Gasteiger partial charge in [0.15, 0.2) is 0 Å². The Labute approximate surface area is 138 Å². The van der Waals surface area contributed by atoms with Crippen LogP contribution in [0.5, 0.6) is 11.5 Å². The standard InChI is InChI=1S/C17H16N4O3/c1-23-15-7-12(8-16(9-15)24-2)17(22)20-13-3-5-14(6-4-13)21-11-18-10-19-21/h3-11H,1-2H3,(H,20,22). The normalized spacial score (nSPS) is 10.2. The molecule has 0 unspecified atom stereocenters. The molecular weight excluding hydrogens is 308 g/mol. The first kappa shape index (κ1) is 15.5. The van der Waals surface area contributed by atoms with Crippen molar-refractivity contribution in [2.75, 3.05) is 19.5 Å². The Bertz CT molecular complexity index is 807. The zero-order chi connectivity index (χ0) is 16.9. The number of hydrogen-bond donors (Lipinski definition) is 1. The predicted octanol–water partition coefficient (Wildman–Crippen LogP) is 2.54. The third-order valence-corrected chi connectivity index (χ3v) is 3.42. The zero-order valence-electron chi connectivity index (χ0n) is 13.3. The lowest BCUT2D eigenvalue weighted by molar-refractivity contribution is 0.102. The first-order valence-electron chi connectivity index (χ1n) is 7.19. The van der Waals surface area contributed by atoms with E-state index in [0.29, 0.717) is 22.7 Å². The topological polar surface area (TPSA) is 78.3 Å². The number of rotatable bonds is 5. The minimum atomic E-state index is -0.249. The van der Waals surface area contributed by atoms with Gasteiger partial charge in [-0.25, -0.2) is 9.67 Å². The van der Waals surface area contributed by atoms with Gasteiger partial charge in [-0.15, -0.1) is 0 Å². The summed E-state index contributed by atoms with van der Waals surface area (Å²) >= 11 is 0. The molecule has 0 aliphatic rings. The molecule has 0 fully saturated rings. The van der Waals surface area contributed by atoms with E-state index >= 15 is 0 Å². The highest BCUT2D eigenvalue weighted by molar-refractivity contribution is 6.04. The van der Waals surface area contributed by atoms with E-state index in [0.717, 1.165) is 5.69 Å². The van der Waals surface area contributed by atoms with Gasteiger partial charge in [0, 0.05) is 17.3 Å². The lowest BCUT2D eigenvalue weighted by Crippen LogP contribution is -2.12. The number of nitrogens with one attached hydrogen (secondary N) is 1. The Morgan fingerprint density at radius 1 is 1.04 bits per heavy atom. The van der Waals surface area contributed by atoms with Crippen molar-refractivity contribution in [3.05, 3.63) is 60.7 Å². The van der Waals surface area contributed by atoms with Gasteiger partial charge in [-0.2, -0.15) is 5.10 Å². The molecule has 7 heteroatoms. The lowest BCUT2D eigenvalue weighted by Gasteiger charge is -2.10. The highest BCUT2D eigenvalue weighted by Gasteiger charge is 2.10. The molecule has 1 aromatic heterocycles. The number of hydrogen-bond acceptors (Lipinski definition) is 5. The van der Waals surface area contributed by atoms with Crippen molar-refractivity contribution in [3.8, 4) is 17.2 Å². The molecule has 0 radical (unpaired) electrons. The summed E-state index contributed by atoms with van der Waals surface area (Å²) in [5.41, 5.74) is 1.98. The maximum Gasteiger partial charge on any atom is 0.255 e. The summed E-state index contributed by atoms with van der Waals surface area (Å²) in [6.07, 6.45) is 3.07. The molecular formula is C17H16N4O3. The summed E-state index contributed by atoms with van der Waals surface area (Å²) in [5, 5.41) is 6.89. The third kappa shape index (κ3) is 3.35. The van der Waals surface area contributed by atoms with Crippen LogP contribution in [0.3, 0.4) is 0 Å². The van der Waals surface area contributed by atoms with Gasteiger partial charge in [-0.1, -0.05) is 0 Å². The SMILES string of the molecule is COc1cc(OC)cc(C(=O)Nc2ccc(-n3cncn3)cc2)c1. The predicted molar refractivity (Wildman–Crippen MR) is 88.9 cm³/mol. The van der Waals surface area contributed by atoms with Crippen molar-refractivity contribution in [1.82, 2.24) is 14.8 Å². The Morgan fingerprint density at radius 3 is 2.25 bits per heavy atom. The van der Waals surface area contributed by atoms with E-state index in [1.54, 1.807) is 55.6 Å². The molecule has 0 saturated carbocycles. The van der Waals surface area contributed by atoms with E-state index < -0.39 is 0 Å². The van der Waals surface area contributed by atoms with Crippen LogP contribution >= 0.6 is 0 Å². The second-order valence-electron chi connectivity index (χ2n) is 4.94. The molecule has 1 heterocycles. The minimum absolute atomic E-state index is 0.249. The minimum Gasteiger partial charge on any atom is -0.497 e. The first-order chi connectivity index (χ1) is 11.7. The van der Waals surface area contributed by atoms with Crippen molar-refractivity contribution in [2.24, 2.45) is 0 Å². The molecule has 0 atom stereocenters. The van der Waals surface area contributed by atoms with Gasteiger partial charge in [-0.05, 0) is 36.4 Å². The van der Waals surface area contributed by atoms with Crippen LogP contribution in [0.2, 0.25) is 0 Å². The molecule has 122 valence electrons. The Kier molecular flexibility index (Phi) is 4.42. The van der Waals surface area contributed by atoms with E-state index in [1.807, 2.05) is 12.1 Å². The molecule has 0 saturated heterocycles. The highest BCUT2D eigenvalue weighted by Crippen LogP contribution is 2.23. The molecule has 7 nitrogen and oxygen atoms in total. The largest absolute Gasteiger partial charge is 0.497 e. The second-order valence-corrected chi connectivity index (χ2v) is 4.94. The highest BCUT2D eigenvalue weighted by atomic mass is 16.5. The summed E-state index contributed by atoms with van der Waals surface area (Å²) in [6, 6.07) is 12.3. The molecule has 2 aromatic carbocycles. The Hall–Kier alpha value is -3.35. The van der Waals surface area contributed by atoms with Crippen LogP contribution in [0.15, 0.2) is 55.1 Å². The zero-order valence-corrected chi connectivity index (χ0v) is 13.3. The molecule has 0 aliphatic carbocycles. The molecule has 0 aliphatic heterocycles. The van der Waals surface area contributed by atoms with Gasteiger partial charge < -0.3 is 14.8 Å². The molecule has 3 aromatic rings. The smallest absolute Gasteiger partial charge is 0.255 e. The maximum atomic E-state index is 12.4. The summed E-state index contributed by atoms with van der Waals surface area (Å²) < 4.78 is 12.0. The number of methoxy groups -OCH3 is 2. The molecule has 0 spiro atoms. The fraction of sp³-hybridized carbons (Fsp3) is 0.118. The average molecular weight is 324 g/mol. The molecule has 24 heavy (non-hydrogen) atoms. The van der Waals surface area contributed by atoms with E-state index in [4.69, 9.17) is 9.47 Å². The summed E-state index contributed by atoms with van der Waals surface area (Å²) in [5.74, 6) is 0.864. The van der Waals surface area contributed by atoms with Crippen molar-refractivity contribution in [2.45, 2.75) is 0 Å². The number of nitrogens with zero attached hydrogens (tertiary/aromatic N) is 3. The van der Waals surface area contributed by atoms with E-state index in [-0.39, 0.29) is 5.91 Å². The van der Waals surface area contributed by atoms with Gasteiger partial charge >= 0.3 is 0 Å². The summed E-state index contributed by atoms with van der Waals surface area (Å²) in [7, 11) is 3.08. The second kappa shape index (κ2) is 6.82. The van der Waals surface area contributed by atoms with Crippen LogP contribution in [0.1, 0.15) is 10.4 Å². The van der Waals surface area contributed by atoms with Gasteiger partial charge in [-0.3, -0.25) is 4.79 Å². The van der Waals surface area contributed by atoms with Gasteiger partial charge in [0.1, 0.15) is 24.2 Å². The molecule has 3 rings (SSSR count). The van der Waals surface area contributed by atoms with Crippen LogP contribution in [0.25, 0.3) is 5.69 Å². The fourth-order valence-electron chi connectivity index (χ4n) is 2.18. The molecule has 1 N–H and O–H groups in total. The number of carbonyl (C=O) groups excluding carboxylic acids is 1. The first-order valence-corrected chi connectivity index (χ1v) is 7.19. The van der Waals surface area contributed by atoms with Gasteiger partial charge in [0.05, 0.1) is 19.9 Å². The van der Waals surface area contributed by atoms with E-state index in [1.165, 1.54) is 6.33 Å². The Morgan fingerprint density at radius 2 is 1.71 bits per heavy atom. The van der Waals surface area contributed by atoms with Gasteiger partial charge in [0.2, 0.25) is 0 Å². The summed E-state index contributed by atoms with van der Waals surface area (Å²) in [4.78, 5) is 16.3. The quantitative estimate of drug-likeness (QED) is 0.780. The van der Waals surface area contributed by atoms with Crippen LogP contribution < -0.4 is 14.8 Å². The summed E-state index contributed by atoms with van der Waals surface area (Å²) in [6.45, 7) is 0. The monoisotopic (exact) mass is 324 g/mol. The number of anilines is 1. The van der Waals surface area contributed by atoms with E-state index in [9.17, 15) is 4.79 Å². The van der Waals surface area contributed by atoms with Crippen LogP contribution in [0.4, 0.5) is 5.69 Å². The maximum absolute atomic E-state index is 12.4. The van der Waals surface area contributed by atoms with Crippen LogP contribution in [-0.2, 0) is 0 Å². The van der Waals surface area contributed by atoms with Crippen molar-refractivity contribution >= 4 is 11.6 Å². The number of ether oxygens (including phenoxy) is 2.